The highest BCUT2D eigenvalue weighted by Crippen LogP contribution is 2.31. The minimum absolute atomic E-state index is 0.00939. The molecule has 0 radical (unpaired) electrons. The van der Waals surface area contributed by atoms with Crippen molar-refractivity contribution in [3.63, 3.8) is 0 Å². The van der Waals surface area contributed by atoms with Crippen LogP contribution in [0.4, 0.5) is 11.4 Å². The van der Waals surface area contributed by atoms with E-state index < -0.39 is 0 Å². The molecule has 0 fully saturated rings. The number of nitrogens with zero attached hydrogens (tertiary/aromatic N) is 2. The first-order valence-corrected chi connectivity index (χ1v) is 12.6. The van der Waals surface area contributed by atoms with Crippen molar-refractivity contribution in [2.24, 2.45) is 4.99 Å². The molecule has 7 nitrogen and oxygen atoms in total. The van der Waals surface area contributed by atoms with Gasteiger partial charge in [0.25, 0.3) is 5.91 Å². The average molecular weight is 514 g/mol. The van der Waals surface area contributed by atoms with Crippen molar-refractivity contribution in [1.82, 2.24) is 0 Å². The quantitative estimate of drug-likeness (QED) is 0.327. The molecule has 0 aromatic heterocycles. The van der Waals surface area contributed by atoms with Gasteiger partial charge in [0, 0.05) is 5.56 Å². The smallest absolute Gasteiger partial charge is 0.283 e. The number of aryl methyl sites for hydroxylation is 2. The fraction of sp³-hybridized carbons (Fsp3) is 0.172. The van der Waals surface area contributed by atoms with Gasteiger partial charge in [0.2, 0.25) is 5.91 Å². The normalized spacial score (nSPS) is 14.1. The summed E-state index contributed by atoms with van der Waals surface area (Å²) in [4.78, 5) is 44.3. The number of methoxy groups -OCH3 is 1. The van der Waals surface area contributed by atoms with Crippen LogP contribution >= 0.6 is 11.8 Å². The van der Waals surface area contributed by atoms with Gasteiger partial charge >= 0.3 is 0 Å². The fourth-order valence-electron chi connectivity index (χ4n) is 3.97. The number of amides is 2. The summed E-state index contributed by atoms with van der Waals surface area (Å²) >= 11 is 1.16. The average Bonchev–Trinajstić information content (AvgIpc) is 3.17. The number of hydrogen-bond donors (Lipinski definition) is 1. The molecule has 8 heteroatoms. The molecule has 4 rings (SSSR count). The molecule has 1 aliphatic heterocycles. The number of carbonyl (C=O) groups excluding carboxylic acids is 3. The molecular formula is C29H27N3O4S. The largest absolute Gasteiger partial charge is 0.497 e. The third-order valence-corrected chi connectivity index (χ3v) is 6.56. The number of ketones is 1. The van der Waals surface area contributed by atoms with Crippen LogP contribution in [0.2, 0.25) is 0 Å². The maximum absolute atomic E-state index is 13.5. The zero-order valence-corrected chi connectivity index (χ0v) is 21.9. The number of hydrogen-bond acceptors (Lipinski definition) is 6. The zero-order valence-electron chi connectivity index (χ0n) is 21.1. The van der Waals surface area contributed by atoms with Crippen molar-refractivity contribution in [2.45, 2.75) is 20.8 Å². The van der Waals surface area contributed by atoms with Crippen LogP contribution in [-0.4, -0.2) is 35.6 Å². The lowest BCUT2D eigenvalue weighted by atomic mass is 10.1. The Kier molecular flexibility index (Phi) is 7.89. The van der Waals surface area contributed by atoms with Crippen molar-refractivity contribution in [3.8, 4) is 5.75 Å². The molecule has 0 aliphatic carbocycles. The van der Waals surface area contributed by atoms with Gasteiger partial charge in [-0.05, 0) is 79.9 Å². The maximum atomic E-state index is 13.5. The van der Waals surface area contributed by atoms with E-state index in [9.17, 15) is 14.4 Å². The van der Waals surface area contributed by atoms with Crippen LogP contribution in [0.1, 0.15) is 34.0 Å². The Labute approximate surface area is 220 Å². The highest BCUT2D eigenvalue weighted by molar-refractivity contribution is 8.14. The number of carbonyl (C=O) groups is 3. The van der Waals surface area contributed by atoms with E-state index in [0.717, 1.165) is 28.5 Å². The molecule has 3 aromatic rings. The van der Waals surface area contributed by atoms with Crippen molar-refractivity contribution >= 4 is 52.0 Å². The van der Waals surface area contributed by atoms with E-state index in [1.807, 2.05) is 56.3 Å². The molecule has 0 unspecified atom stereocenters. The van der Waals surface area contributed by atoms with E-state index in [1.165, 1.54) is 11.8 Å². The lowest BCUT2D eigenvalue weighted by Crippen LogP contribution is -2.31. The number of ether oxygens (including phenoxy) is 1. The van der Waals surface area contributed by atoms with Gasteiger partial charge in [-0.1, -0.05) is 42.1 Å². The van der Waals surface area contributed by atoms with Gasteiger partial charge in [-0.3, -0.25) is 19.3 Å². The summed E-state index contributed by atoms with van der Waals surface area (Å²) in [5, 5.41) is 3.20. The summed E-state index contributed by atoms with van der Waals surface area (Å²) in [5.74, 6) is 0.0140. The Balaban J connectivity index is 1.60. The van der Waals surface area contributed by atoms with E-state index in [0.29, 0.717) is 27.9 Å². The molecule has 1 aliphatic rings. The monoisotopic (exact) mass is 513 g/mol. The Morgan fingerprint density at radius 3 is 2.35 bits per heavy atom. The van der Waals surface area contributed by atoms with E-state index >= 15 is 0 Å². The third-order valence-electron chi connectivity index (χ3n) is 5.63. The summed E-state index contributed by atoms with van der Waals surface area (Å²) < 4.78 is 5.21. The molecule has 0 atom stereocenters. The van der Waals surface area contributed by atoms with Crippen LogP contribution in [0, 0.1) is 13.8 Å². The lowest BCUT2D eigenvalue weighted by molar-refractivity contribution is -0.114. The minimum atomic E-state index is -0.304. The van der Waals surface area contributed by atoms with E-state index in [2.05, 4.69) is 10.3 Å². The number of benzene rings is 3. The molecule has 188 valence electrons. The number of nitrogens with one attached hydrogen (secondary N) is 1. The summed E-state index contributed by atoms with van der Waals surface area (Å²) in [6, 6.07) is 20.1. The van der Waals surface area contributed by atoms with Gasteiger partial charge in [0.05, 0.1) is 24.2 Å². The van der Waals surface area contributed by atoms with Crippen LogP contribution < -0.4 is 15.0 Å². The summed E-state index contributed by atoms with van der Waals surface area (Å²) in [5.41, 5.74) is 4.69. The number of aliphatic imine (C=N–C) groups is 1. The standard InChI is InChI=1S/C29H27N3O4S/c1-18-13-19(2)15-22(14-18)32-28(35)26(16-21-9-11-23(36-4)12-10-21)31-29(32)37-17-27(34)30-25-8-6-5-7-24(25)20(3)33/h5-16H,17H2,1-4H3,(H,30,34)/b26-16-. The van der Waals surface area contributed by atoms with Gasteiger partial charge in [0.15, 0.2) is 11.0 Å². The number of para-hydroxylation sites is 1. The second kappa shape index (κ2) is 11.3. The van der Waals surface area contributed by atoms with Crippen molar-refractivity contribution < 1.29 is 19.1 Å². The van der Waals surface area contributed by atoms with E-state index in [1.54, 1.807) is 37.5 Å². The second-order valence-electron chi connectivity index (χ2n) is 8.62. The minimum Gasteiger partial charge on any atom is -0.497 e. The number of amidine groups is 1. The van der Waals surface area contributed by atoms with E-state index in [-0.39, 0.29) is 29.0 Å². The van der Waals surface area contributed by atoms with Gasteiger partial charge in [0.1, 0.15) is 11.4 Å². The van der Waals surface area contributed by atoms with Gasteiger partial charge in [-0.2, -0.15) is 0 Å². The molecule has 0 saturated heterocycles. The lowest BCUT2D eigenvalue weighted by Gasteiger charge is -2.19. The molecule has 37 heavy (non-hydrogen) atoms. The highest BCUT2D eigenvalue weighted by Gasteiger charge is 2.32. The Bertz CT molecular complexity index is 1410. The van der Waals surface area contributed by atoms with Crippen molar-refractivity contribution in [2.75, 3.05) is 23.1 Å². The number of thioether (sulfide) groups is 1. The molecule has 1 N–H and O–H groups in total. The van der Waals surface area contributed by atoms with Crippen LogP contribution in [-0.2, 0) is 9.59 Å². The Morgan fingerprint density at radius 1 is 1.03 bits per heavy atom. The van der Waals surface area contributed by atoms with Crippen LogP contribution in [0.3, 0.4) is 0 Å². The Morgan fingerprint density at radius 2 is 1.70 bits per heavy atom. The van der Waals surface area contributed by atoms with Gasteiger partial charge in [-0.25, -0.2) is 4.99 Å². The van der Waals surface area contributed by atoms with Crippen molar-refractivity contribution in [1.29, 1.82) is 0 Å². The first kappa shape index (κ1) is 25.9. The second-order valence-corrected chi connectivity index (χ2v) is 9.56. The third kappa shape index (κ3) is 6.16. The molecule has 0 bridgehead atoms. The van der Waals surface area contributed by atoms with Crippen molar-refractivity contribution in [3.05, 3.63) is 94.7 Å². The predicted octanol–water partition coefficient (Wildman–Crippen LogP) is 5.63. The first-order valence-electron chi connectivity index (χ1n) is 11.6. The number of Topliss-reactive ketones (excluding diaryl/α,β-unsaturated/α-hetero) is 1. The molecule has 0 spiro atoms. The van der Waals surface area contributed by atoms with Crippen LogP contribution in [0.15, 0.2) is 77.4 Å². The van der Waals surface area contributed by atoms with Crippen LogP contribution in [0.25, 0.3) is 6.08 Å². The molecule has 1 heterocycles. The topological polar surface area (TPSA) is 88.1 Å². The SMILES string of the molecule is COc1ccc(/C=C2\N=C(SCC(=O)Nc3ccccc3C(C)=O)N(c3cc(C)cc(C)c3)C2=O)cc1. The predicted molar refractivity (Wildman–Crippen MR) is 149 cm³/mol. The molecule has 0 saturated carbocycles. The summed E-state index contributed by atoms with van der Waals surface area (Å²) in [6.07, 6.45) is 1.72. The Hall–Kier alpha value is -4.17. The van der Waals surface area contributed by atoms with Gasteiger partial charge < -0.3 is 10.1 Å². The van der Waals surface area contributed by atoms with E-state index in [4.69, 9.17) is 4.74 Å². The molecular weight excluding hydrogens is 486 g/mol. The molecule has 2 amide bonds. The highest BCUT2D eigenvalue weighted by atomic mass is 32.2. The molecule has 3 aromatic carbocycles. The number of anilines is 2. The number of rotatable bonds is 7. The summed E-state index contributed by atoms with van der Waals surface area (Å²) in [6.45, 7) is 5.39. The fourth-order valence-corrected chi connectivity index (χ4v) is 4.79. The summed E-state index contributed by atoms with van der Waals surface area (Å²) in [7, 11) is 1.60. The van der Waals surface area contributed by atoms with Gasteiger partial charge in [-0.15, -0.1) is 0 Å². The first-order chi connectivity index (χ1) is 17.7. The van der Waals surface area contributed by atoms with Crippen LogP contribution in [0.5, 0.6) is 5.75 Å². The maximum Gasteiger partial charge on any atom is 0.283 e. The zero-order chi connectivity index (χ0) is 26.5.